The van der Waals surface area contributed by atoms with Gasteiger partial charge in [-0.15, -0.1) is 0 Å². The van der Waals surface area contributed by atoms with Gasteiger partial charge in [0.05, 0.1) is 10.2 Å². The van der Waals surface area contributed by atoms with E-state index in [0.717, 1.165) is 0 Å². The number of aryl methyl sites for hydroxylation is 1. The maximum atomic E-state index is 13.4. The lowest BCUT2D eigenvalue weighted by molar-refractivity contribution is 0.426. The summed E-state index contributed by atoms with van der Waals surface area (Å²) in [7, 11) is 1.16. The SMILES string of the molecule is Cc1cc(CS(=O)(=O)Cl)c(F)c(O)c1Br. The van der Waals surface area contributed by atoms with E-state index in [1.807, 2.05) is 0 Å². The lowest BCUT2D eigenvalue weighted by Crippen LogP contribution is -2.00. The Hall–Kier alpha value is -0.330. The number of benzene rings is 1. The summed E-state index contributed by atoms with van der Waals surface area (Å²) < 4.78 is 35.1. The molecule has 84 valence electrons. The van der Waals surface area contributed by atoms with E-state index in [2.05, 4.69) is 15.9 Å². The number of hydrogen-bond acceptors (Lipinski definition) is 3. The number of phenols is 1. The molecule has 1 rings (SSSR count). The van der Waals surface area contributed by atoms with Gasteiger partial charge in [-0.2, -0.15) is 0 Å². The summed E-state index contributed by atoms with van der Waals surface area (Å²) in [4.78, 5) is 0. The molecule has 0 aliphatic heterocycles. The van der Waals surface area contributed by atoms with Gasteiger partial charge in [0.2, 0.25) is 9.05 Å². The molecule has 1 aromatic rings. The summed E-state index contributed by atoms with van der Waals surface area (Å²) in [6.45, 7) is 1.60. The van der Waals surface area contributed by atoms with Crippen LogP contribution < -0.4 is 0 Å². The number of hydrogen-bond donors (Lipinski definition) is 1. The Morgan fingerprint density at radius 1 is 1.60 bits per heavy atom. The lowest BCUT2D eigenvalue weighted by Gasteiger charge is -2.07. The molecule has 0 bridgehead atoms. The summed E-state index contributed by atoms with van der Waals surface area (Å²) in [6.07, 6.45) is 0. The Morgan fingerprint density at radius 3 is 2.60 bits per heavy atom. The quantitative estimate of drug-likeness (QED) is 0.853. The summed E-state index contributed by atoms with van der Waals surface area (Å²) >= 11 is 2.97. The van der Waals surface area contributed by atoms with Crippen LogP contribution in [0.2, 0.25) is 0 Å². The highest BCUT2D eigenvalue weighted by atomic mass is 79.9. The Labute approximate surface area is 99.4 Å². The van der Waals surface area contributed by atoms with Crippen LogP contribution in [-0.2, 0) is 14.8 Å². The first-order valence-electron chi connectivity index (χ1n) is 3.81. The van der Waals surface area contributed by atoms with Crippen LogP contribution in [0.4, 0.5) is 4.39 Å². The van der Waals surface area contributed by atoms with Crippen molar-refractivity contribution >= 4 is 35.7 Å². The van der Waals surface area contributed by atoms with Crippen molar-refractivity contribution in [2.45, 2.75) is 12.7 Å². The van der Waals surface area contributed by atoms with Crippen molar-refractivity contribution in [2.75, 3.05) is 0 Å². The zero-order valence-electron chi connectivity index (χ0n) is 7.59. The number of rotatable bonds is 2. The molecule has 0 unspecified atom stereocenters. The van der Waals surface area contributed by atoms with E-state index in [1.54, 1.807) is 6.92 Å². The van der Waals surface area contributed by atoms with Crippen molar-refractivity contribution in [3.05, 3.63) is 27.5 Å². The van der Waals surface area contributed by atoms with E-state index in [1.165, 1.54) is 6.07 Å². The maximum Gasteiger partial charge on any atom is 0.236 e. The highest BCUT2D eigenvalue weighted by Gasteiger charge is 2.18. The van der Waals surface area contributed by atoms with Crippen LogP contribution in [0.25, 0.3) is 0 Å². The molecule has 0 aliphatic rings. The molecule has 1 aromatic carbocycles. The smallest absolute Gasteiger partial charge is 0.236 e. The van der Waals surface area contributed by atoms with Gasteiger partial charge in [-0.25, -0.2) is 12.8 Å². The van der Waals surface area contributed by atoms with Crippen molar-refractivity contribution in [3.63, 3.8) is 0 Å². The number of aromatic hydroxyl groups is 1. The van der Waals surface area contributed by atoms with Crippen LogP contribution >= 0.6 is 26.6 Å². The molecule has 0 atom stereocenters. The van der Waals surface area contributed by atoms with Crippen LogP contribution in [-0.4, -0.2) is 13.5 Å². The van der Waals surface area contributed by atoms with Gasteiger partial charge in [0, 0.05) is 16.2 Å². The van der Waals surface area contributed by atoms with E-state index in [-0.39, 0.29) is 10.0 Å². The highest BCUT2D eigenvalue weighted by molar-refractivity contribution is 9.10. The Bertz CT molecular complexity index is 501. The summed E-state index contributed by atoms with van der Waals surface area (Å²) in [6, 6.07) is 1.32. The monoisotopic (exact) mass is 316 g/mol. The molecule has 0 radical (unpaired) electrons. The minimum Gasteiger partial charge on any atom is -0.504 e. The first-order valence-corrected chi connectivity index (χ1v) is 7.08. The number of halogens is 3. The van der Waals surface area contributed by atoms with Gasteiger partial charge < -0.3 is 5.11 Å². The molecule has 0 aliphatic carbocycles. The summed E-state index contributed by atoms with van der Waals surface area (Å²) in [5.74, 6) is -2.23. The second-order valence-electron chi connectivity index (χ2n) is 3.01. The molecule has 0 saturated heterocycles. The van der Waals surface area contributed by atoms with Gasteiger partial charge in [-0.05, 0) is 28.4 Å². The standard InChI is InChI=1S/C8H7BrClFO3S/c1-4-2-5(3-15(10,13)14)7(11)8(12)6(4)9/h2,12H,3H2,1H3. The van der Waals surface area contributed by atoms with Crippen molar-refractivity contribution < 1.29 is 17.9 Å². The van der Waals surface area contributed by atoms with Gasteiger partial charge in [0.15, 0.2) is 11.6 Å². The van der Waals surface area contributed by atoms with Gasteiger partial charge in [0.25, 0.3) is 0 Å². The minimum atomic E-state index is -3.84. The topological polar surface area (TPSA) is 54.4 Å². The molecular formula is C8H7BrClFO3S. The van der Waals surface area contributed by atoms with Gasteiger partial charge in [-0.3, -0.25) is 0 Å². The fourth-order valence-corrected chi connectivity index (χ4v) is 2.34. The van der Waals surface area contributed by atoms with E-state index >= 15 is 0 Å². The van der Waals surface area contributed by atoms with E-state index < -0.39 is 26.4 Å². The van der Waals surface area contributed by atoms with E-state index in [0.29, 0.717) is 5.56 Å². The molecule has 0 spiro atoms. The van der Waals surface area contributed by atoms with Crippen LogP contribution in [0, 0.1) is 12.7 Å². The molecule has 1 N–H and O–H groups in total. The van der Waals surface area contributed by atoms with Crippen LogP contribution in [0.1, 0.15) is 11.1 Å². The minimum absolute atomic E-state index is 0.150. The Kier molecular flexibility index (Phi) is 3.63. The third-order valence-corrected chi connectivity index (χ3v) is 3.75. The predicted molar refractivity (Wildman–Crippen MR) is 59.0 cm³/mol. The molecule has 3 nitrogen and oxygen atoms in total. The zero-order valence-corrected chi connectivity index (χ0v) is 10.7. The molecule has 0 heterocycles. The first-order chi connectivity index (χ1) is 6.72. The Morgan fingerprint density at radius 2 is 2.13 bits per heavy atom. The van der Waals surface area contributed by atoms with E-state index in [4.69, 9.17) is 10.7 Å². The normalized spacial score (nSPS) is 11.7. The second-order valence-corrected chi connectivity index (χ2v) is 6.58. The maximum absolute atomic E-state index is 13.4. The van der Waals surface area contributed by atoms with Crippen molar-refractivity contribution in [2.24, 2.45) is 0 Å². The highest BCUT2D eigenvalue weighted by Crippen LogP contribution is 2.33. The number of phenolic OH excluding ortho intramolecular Hbond substituents is 1. The average molecular weight is 318 g/mol. The average Bonchev–Trinajstić information content (AvgIpc) is 2.08. The molecular weight excluding hydrogens is 311 g/mol. The van der Waals surface area contributed by atoms with Gasteiger partial charge in [-0.1, -0.05) is 6.07 Å². The lowest BCUT2D eigenvalue weighted by atomic mass is 10.1. The van der Waals surface area contributed by atoms with Crippen molar-refractivity contribution in [3.8, 4) is 5.75 Å². The van der Waals surface area contributed by atoms with Crippen molar-refractivity contribution in [1.82, 2.24) is 0 Å². The predicted octanol–water partition coefficient (Wildman–Crippen LogP) is 2.67. The molecule has 15 heavy (non-hydrogen) atoms. The van der Waals surface area contributed by atoms with Crippen LogP contribution in [0.3, 0.4) is 0 Å². The van der Waals surface area contributed by atoms with Crippen LogP contribution in [0.15, 0.2) is 10.5 Å². The largest absolute Gasteiger partial charge is 0.504 e. The van der Waals surface area contributed by atoms with E-state index in [9.17, 15) is 17.9 Å². The first kappa shape index (κ1) is 12.7. The molecule has 0 amide bonds. The van der Waals surface area contributed by atoms with Crippen molar-refractivity contribution in [1.29, 1.82) is 0 Å². The van der Waals surface area contributed by atoms with Crippen LogP contribution in [0.5, 0.6) is 5.75 Å². The fraction of sp³-hybridized carbons (Fsp3) is 0.250. The van der Waals surface area contributed by atoms with Gasteiger partial charge in [0.1, 0.15) is 0 Å². The molecule has 0 fully saturated rings. The summed E-state index contributed by atoms with van der Waals surface area (Å²) in [5.41, 5.74) is 0.382. The fourth-order valence-electron chi connectivity index (χ4n) is 1.11. The second kappa shape index (κ2) is 4.27. The Balaban J connectivity index is 3.33. The third-order valence-electron chi connectivity index (χ3n) is 1.76. The zero-order chi connectivity index (χ0) is 11.8. The van der Waals surface area contributed by atoms with Gasteiger partial charge >= 0.3 is 0 Å². The molecule has 7 heteroatoms. The third kappa shape index (κ3) is 3.06. The summed E-state index contributed by atoms with van der Waals surface area (Å²) in [5, 5.41) is 9.31. The molecule has 0 saturated carbocycles. The molecule has 0 aromatic heterocycles.